The largest absolute Gasteiger partial charge is 0.287 e. The van der Waals surface area contributed by atoms with Gasteiger partial charge in [-0.05, 0) is 12.8 Å². The van der Waals surface area contributed by atoms with Gasteiger partial charge in [-0.25, -0.2) is 8.78 Å². The Hall–Kier alpha value is -0.190. The number of halogens is 3. The number of carbonyl (C=O) groups excluding carboxylic acids is 1. The molecule has 90 valence electrons. The summed E-state index contributed by atoms with van der Waals surface area (Å²) >= 11 is 1.14. The Kier molecular flexibility index (Phi) is 8.95. The summed E-state index contributed by atoms with van der Waals surface area (Å²) in [5.74, 6) is 0.509. The predicted octanol–water partition coefficient (Wildman–Crippen LogP) is 3.47. The van der Waals surface area contributed by atoms with Gasteiger partial charge in [0.2, 0.25) is 0 Å². The van der Waals surface area contributed by atoms with E-state index in [0.717, 1.165) is 11.8 Å². The van der Waals surface area contributed by atoms with Crippen molar-refractivity contribution in [3.8, 4) is 0 Å². The van der Waals surface area contributed by atoms with Gasteiger partial charge in [-0.2, -0.15) is 0 Å². The number of hydrogen-bond donors (Lipinski definition) is 0. The van der Waals surface area contributed by atoms with E-state index >= 15 is 0 Å². The molecule has 0 rings (SSSR count). The van der Waals surface area contributed by atoms with Gasteiger partial charge in [0.1, 0.15) is 12.3 Å². The fourth-order valence-corrected chi connectivity index (χ4v) is 1.78. The van der Waals surface area contributed by atoms with Crippen LogP contribution in [-0.2, 0) is 4.79 Å². The minimum Gasteiger partial charge on any atom is -0.287 e. The lowest BCUT2D eigenvalue weighted by Gasteiger charge is -2.11. The van der Waals surface area contributed by atoms with Crippen molar-refractivity contribution in [2.24, 2.45) is 0 Å². The zero-order chi connectivity index (χ0) is 11.7. The predicted molar refractivity (Wildman–Crippen MR) is 57.4 cm³/mol. The van der Waals surface area contributed by atoms with Crippen LogP contribution in [0.1, 0.15) is 32.6 Å². The number of thioether (sulfide) groups is 1. The van der Waals surface area contributed by atoms with E-state index in [4.69, 9.17) is 0 Å². The summed E-state index contributed by atoms with van der Waals surface area (Å²) in [6, 6.07) is 0. The highest BCUT2D eigenvalue weighted by atomic mass is 32.2. The molecule has 0 amide bonds. The first-order valence-electron chi connectivity index (χ1n) is 5.11. The molecule has 0 saturated heterocycles. The van der Waals surface area contributed by atoms with E-state index in [9.17, 15) is 18.0 Å². The fourth-order valence-electron chi connectivity index (χ4n) is 1.03. The van der Waals surface area contributed by atoms with Crippen LogP contribution in [0, 0.1) is 0 Å². The van der Waals surface area contributed by atoms with E-state index in [0.29, 0.717) is 18.6 Å². The van der Waals surface area contributed by atoms with Gasteiger partial charge in [0.15, 0.2) is 5.12 Å². The zero-order valence-corrected chi connectivity index (χ0v) is 9.66. The van der Waals surface area contributed by atoms with Crippen LogP contribution in [0.5, 0.6) is 0 Å². The summed E-state index contributed by atoms with van der Waals surface area (Å²) in [7, 11) is 0. The highest BCUT2D eigenvalue weighted by Gasteiger charge is 2.19. The minimum absolute atomic E-state index is 0.0607. The Labute approximate surface area is 92.8 Å². The van der Waals surface area contributed by atoms with Crippen LogP contribution in [0.2, 0.25) is 0 Å². The van der Waals surface area contributed by atoms with Gasteiger partial charge in [-0.3, -0.25) is 9.18 Å². The maximum atomic E-state index is 13.0. The first-order chi connectivity index (χ1) is 7.11. The summed E-state index contributed by atoms with van der Waals surface area (Å²) in [4.78, 5) is 10.8. The van der Waals surface area contributed by atoms with Gasteiger partial charge in [-0.1, -0.05) is 18.7 Å². The molecule has 0 N–H and O–H groups in total. The van der Waals surface area contributed by atoms with Crippen molar-refractivity contribution < 1.29 is 18.0 Å². The summed E-state index contributed by atoms with van der Waals surface area (Å²) in [6.07, 6.45) is -2.71. The molecule has 0 radical (unpaired) electrons. The van der Waals surface area contributed by atoms with Crippen LogP contribution in [0.15, 0.2) is 0 Å². The molecule has 2 unspecified atom stereocenters. The summed E-state index contributed by atoms with van der Waals surface area (Å²) in [5.41, 5.74) is 0. The molecule has 0 aliphatic rings. The lowest BCUT2D eigenvalue weighted by molar-refractivity contribution is -0.110. The maximum absolute atomic E-state index is 13.0. The highest BCUT2D eigenvalue weighted by molar-refractivity contribution is 8.13. The third-order valence-electron chi connectivity index (χ3n) is 1.95. The maximum Gasteiger partial charge on any atom is 0.188 e. The lowest BCUT2D eigenvalue weighted by Crippen LogP contribution is -2.18. The van der Waals surface area contributed by atoms with Gasteiger partial charge in [0.05, 0.1) is 6.67 Å². The molecular formula is C10H17F3OS. The van der Waals surface area contributed by atoms with Gasteiger partial charge in [0, 0.05) is 18.6 Å². The Morgan fingerprint density at radius 2 is 1.87 bits per heavy atom. The van der Waals surface area contributed by atoms with Gasteiger partial charge in [-0.15, -0.1) is 0 Å². The summed E-state index contributed by atoms with van der Waals surface area (Å²) in [6.45, 7) is 0.927. The first kappa shape index (κ1) is 14.8. The van der Waals surface area contributed by atoms with E-state index in [2.05, 4.69) is 0 Å². The molecule has 0 aromatic carbocycles. The molecule has 2 atom stereocenters. The third kappa shape index (κ3) is 7.71. The van der Waals surface area contributed by atoms with Crippen molar-refractivity contribution in [2.45, 2.75) is 45.0 Å². The highest BCUT2D eigenvalue weighted by Crippen LogP contribution is 2.16. The lowest BCUT2D eigenvalue weighted by atomic mass is 10.1. The second kappa shape index (κ2) is 9.07. The molecule has 0 fully saturated rings. The Morgan fingerprint density at radius 1 is 1.27 bits per heavy atom. The second-order valence-corrected chi connectivity index (χ2v) is 4.38. The van der Waals surface area contributed by atoms with E-state index in [-0.39, 0.29) is 18.0 Å². The quantitative estimate of drug-likeness (QED) is 0.606. The van der Waals surface area contributed by atoms with Crippen LogP contribution in [0.25, 0.3) is 0 Å². The Morgan fingerprint density at radius 3 is 2.40 bits per heavy atom. The first-order valence-corrected chi connectivity index (χ1v) is 6.10. The Balaban J connectivity index is 3.45. The Bertz CT molecular complexity index is 178. The van der Waals surface area contributed by atoms with E-state index in [1.807, 2.05) is 0 Å². The summed E-state index contributed by atoms with van der Waals surface area (Å²) in [5, 5.41) is 0.0611. The van der Waals surface area contributed by atoms with Crippen LogP contribution in [0.3, 0.4) is 0 Å². The molecular weight excluding hydrogens is 225 g/mol. The van der Waals surface area contributed by atoms with Crippen molar-refractivity contribution in [1.29, 1.82) is 0 Å². The zero-order valence-electron chi connectivity index (χ0n) is 8.85. The minimum atomic E-state index is -1.71. The molecule has 15 heavy (non-hydrogen) atoms. The van der Waals surface area contributed by atoms with Crippen molar-refractivity contribution in [3.05, 3.63) is 0 Å². The molecule has 0 aliphatic heterocycles. The number of rotatable bonds is 8. The van der Waals surface area contributed by atoms with E-state index in [1.165, 1.54) is 0 Å². The van der Waals surface area contributed by atoms with Crippen LogP contribution >= 0.6 is 11.8 Å². The SMILES string of the molecule is CCC(=O)SCCCC(F)C(F)CCF. The third-order valence-corrected chi connectivity index (χ3v) is 3.06. The molecule has 5 heteroatoms. The van der Waals surface area contributed by atoms with Crippen molar-refractivity contribution in [3.63, 3.8) is 0 Å². The standard InChI is InChI=1S/C10H17F3OS/c1-2-10(14)15-7-3-4-8(12)9(13)5-6-11/h8-9H,2-7H2,1H3. The molecule has 0 bridgehead atoms. The average molecular weight is 242 g/mol. The average Bonchev–Trinajstić information content (AvgIpc) is 2.23. The van der Waals surface area contributed by atoms with Crippen LogP contribution < -0.4 is 0 Å². The molecule has 0 aromatic heterocycles. The van der Waals surface area contributed by atoms with E-state index in [1.54, 1.807) is 6.92 Å². The fraction of sp³-hybridized carbons (Fsp3) is 0.900. The monoisotopic (exact) mass is 242 g/mol. The van der Waals surface area contributed by atoms with Gasteiger partial charge >= 0.3 is 0 Å². The molecule has 0 saturated carbocycles. The number of hydrogen-bond acceptors (Lipinski definition) is 2. The van der Waals surface area contributed by atoms with Crippen LogP contribution in [0.4, 0.5) is 13.2 Å². The second-order valence-electron chi connectivity index (χ2n) is 3.23. The topological polar surface area (TPSA) is 17.1 Å². The summed E-state index contributed by atoms with van der Waals surface area (Å²) < 4.78 is 37.4. The molecule has 0 aromatic rings. The smallest absolute Gasteiger partial charge is 0.188 e. The molecule has 0 spiro atoms. The van der Waals surface area contributed by atoms with Crippen molar-refractivity contribution >= 4 is 16.9 Å². The van der Waals surface area contributed by atoms with Gasteiger partial charge < -0.3 is 0 Å². The molecule has 1 nitrogen and oxygen atoms in total. The number of alkyl halides is 3. The molecule has 0 aliphatic carbocycles. The van der Waals surface area contributed by atoms with Gasteiger partial charge in [0.25, 0.3) is 0 Å². The van der Waals surface area contributed by atoms with Crippen LogP contribution in [-0.4, -0.2) is 29.9 Å². The molecule has 0 heterocycles. The van der Waals surface area contributed by atoms with Crippen molar-refractivity contribution in [1.82, 2.24) is 0 Å². The van der Waals surface area contributed by atoms with E-state index < -0.39 is 19.0 Å². The number of carbonyl (C=O) groups is 1. The normalized spacial score (nSPS) is 14.9. The van der Waals surface area contributed by atoms with Crippen molar-refractivity contribution in [2.75, 3.05) is 12.4 Å².